The van der Waals surface area contributed by atoms with Gasteiger partial charge in [-0.2, -0.15) is 0 Å². The van der Waals surface area contributed by atoms with Crippen molar-refractivity contribution in [1.82, 2.24) is 0 Å². The van der Waals surface area contributed by atoms with Gasteiger partial charge in [0.25, 0.3) is 0 Å². The first kappa shape index (κ1) is 25.1. The number of nitrogens with zero attached hydrogens (tertiary/aromatic N) is 1. The summed E-state index contributed by atoms with van der Waals surface area (Å²) in [6.45, 7) is 4.69. The molecule has 2 aliphatic rings. The fraction of sp³-hybridized carbons (Fsp3) is 0.143. The van der Waals surface area contributed by atoms with E-state index in [1.54, 1.807) is 0 Å². The van der Waals surface area contributed by atoms with Crippen molar-refractivity contribution in [1.29, 1.82) is 0 Å². The van der Waals surface area contributed by atoms with Gasteiger partial charge in [0.15, 0.2) is 0 Å². The summed E-state index contributed by atoms with van der Waals surface area (Å²) in [5.41, 5.74) is 6.43. The monoisotopic (exact) mass is 603 g/mol. The summed E-state index contributed by atoms with van der Waals surface area (Å²) in [6, 6.07) is 42.9. The van der Waals surface area contributed by atoms with E-state index in [0.29, 0.717) is 0 Å². The first-order valence-corrected chi connectivity index (χ1v) is 22.8. The minimum absolute atomic E-state index is 0.0669. The molecule has 0 saturated carbocycles. The van der Waals surface area contributed by atoms with Gasteiger partial charge in [0.05, 0.1) is 0 Å². The van der Waals surface area contributed by atoms with Gasteiger partial charge in [-0.15, -0.1) is 0 Å². The Hall–Kier alpha value is -2.91. The van der Waals surface area contributed by atoms with Crippen molar-refractivity contribution in [3.05, 3.63) is 132 Å². The summed E-state index contributed by atoms with van der Waals surface area (Å²) in [4.78, 5) is 2.49. The predicted octanol–water partition coefficient (Wildman–Crippen LogP) is 6.69. The van der Waals surface area contributed by atoms with Gasteiger partial charge in [0, 0.05) is 0 Å². The quantitative estimate of drug-likeness (QED) is 0.164. The third-order valence-corrected chi connectivity index (χ3v) is 22.2. The molecule has 7 rings (SSSR count). The van der Waals surface area contributed by atoms with Crippen LogP contribution in [-0.2, 0) is 17.2 Å². The molecule has 0 fully saturated rings. The number of benzene rings is 5. The third kappa shape index (κ3) is 3.48. The molecule has 4 heteroatoms. The van der Waals surface area contributed by atoms with Gasteiger partial charge in [-0.05, 0) is 0 Å². The molecular formula is C35H32GeNPS. The van der Waals surface area contributed by atoms with E-state index in [9.17, 15) is 0 Å². The predicted molar refractivity (Wildman–Crippen MR) is 176 cm³/mol. The number of fused-ring (bicyclic) bond motifs is 4. The summed E-state index contributed by atoms with van der Waals surface area (Å²) >= 11 is 4.14. The second kappa shape index (κ2) is 8.80. The van der Waals surface area contributed by atoms with Crippen LogP contribution < -0.4 is 29.6 Å². The van der Waals surface area contributed by atoms with E-state index in [4.69, 9.17) is 11.8 Å². The van der Waals surface area contributed by atoms with Crippen LogP contribution in [0, 0.1) is 0 Å². The van der Waals surface area contributed by atoms with E-state index in [1.807, 2.05) is 0 Å². The van der Waals surface area contributed by atoms with E-state index < -0.39 is 19.3 Å². The van der Waals surface area contributed by atoms with Crippen molar-refractivity contribution < 1.29 is 0 Å². The van der Waals surface area contributed by atoms with Crippen LogP contribution in [0.15, 0.2) is 121 Å². The Kier molecular flexibility index (Phi) is 5.66. The molecule has 5 aromatic rings. The summed E-state index contributed by atoms with van der Waals surface area (Å²) in [6.07, 6.45) is 0. The normalized spacial score (nSPS) is 19.8. The molecule has 0 spiro atoms. The van der Waals surface area contributed by atoms with Crippen LogP contribution in [0.5, 0.6) is 0 Å². The maximum absolute atomic E-state index is 6.82. The van der Waals surface area contributed by atoms with E-state index >= 15 is 0 Å². The van der Waals surface area contributed by atoms with Gasteiger partial charge in [-0.1, -0.05) is 0 Å². The third-order valence-electron chi connectivity index (χ3n) is 8.92. The van der Waals surface area contributed by atoms with Crippen LogP contribution in [0.4, 0.5) is 17.1 Å². The summed E-state index contributed by atoms with van der Waals surface area (Å²) < 4.78 is 3.06. The molecule has 0 N–H and O–H groups in total. The molecule has 0 radical (unpaired) electrons. The molecule has 0 bridgehead atoms. The molecule has 39 heavy (non-hydrogen) atoms. The Bertz CT molecular complexity index is 1760. The van der Waals surface area contributed by atoms with Gasteiger partial charge in [-0.3, -0.25) is 0 Å². The number of para-hydroxylation sites is 2. The SMILES string of the molecule is CC1(C)c2ccccc2N(c2ccc3[c](c2)[Ge]([CH3])([CH3])[c]2ccccc2P3(=S)c2ccccc2)c2ccccc21. The first-order valence-electron chi connectivity index (χ1n) is 13.7. The number of hydrogen-bond donors (Lipinski definition) is 0. The van der Waals surface area contributed by atoms with E-state index in [1.165, 1.54) is 52.9 Å². The first-order chi connectivity index (χ1) is 18.8. The molecule has 0 saturated heterocycles. The van der Waals surface area contributed by atoms with Crippen LogP contribution in [0.25, 0.3) is 0 Å². The van der Waals surface area contributed by atoms with Crippen molar-refractivity contribution in [2.24, 2.45) is 0 Å². The van der Waals surface area contributed by atoms with Gasteiger partial charge in [-0.25, -0.2) is 0 Å². The minimum atomic E-state index is -2.67. The molecule has 1 atom stereocenters. The van der Waals surface area contributed by atoms with E-state index in [-0.39, 0.29) is 5.41 Å². The molecule has 5 aromatic carbocycles. The van der Waals surface area contributed by atoms with Crippen molar-refractivity contribution in [2.45, 2.75) is 30.8 Å². The molecule has 192 valence electrons. The topological polar surface area (TPSA) is 3.24 Å². The molecule has 1 unspecified atom stereocenters. The summed E-state index contributed by atoms with van der Waals surface area (Å²) in [7, 11) is 0. The average molecular weight is 602 g/mol. The second-order valence-corrected chi connectivity index (χ2v) is 25.2. The molecule has 2 heterocycles. The van der Waals surface area contributed by atoms with Gasteiger partial charge < -0.3 is 0 Å². The van der Waals surface area contributed by atoms with Crippen LogP contribution in [0.1, 0.15) is 25.0 Å². The Morgan fingerprint density at radius 1 is 0.615 bits per heavy atom. The van der Waals surface area contributed by atoms with Crippen molar-refractivity contribution in [2.75, 3.05) is 4.90 Å². The van der Waals surface area contributed by atoms with Crippen LogP contribution >= 0.6 is 6.04 Å². The zero-order valence-electron chi connectivity index (χ0n) is 22.8. The molecule has 0 amide bonds. The zero-order chi connectivity index (χ0) is 27.0. The molecular weight excluding hydrogens is 570 g/mol. The Morgan fingerprint density at radius 3 is 1.82 bits per heavy atom. The molecule has 2 aliphatic heterocycles. The standard InChI is InChI=1S/C35H32GeNPS/c1-35(2)27-16-8-11-19-31(27)37(32-20-12-9-17-28(32)35)25-22-23-34-30(24-25)36(3,4)29-18-10-13-21-33(29)38(34,39)26-14-6-5-7-15-26/h5-24H,1-4H3. The van der Waals surface area contributed by atoms with Crippen molar-refractivity contribution in [3.63, 3.8) is 0 Å². The molecule has 0 aromatic heterocycles. The fourth-order valence-electron chi connectivity index (χ4n) is 6.85. The van der Waals surface area contributed by atoms with E-state index in [0.717, 1.165) is 0 Å². The Balaban J connectivity index is 1.51. The van der Waals surface area contributed by atoms with Crippen molar-refractivity contribution >= 4 is 72.9 Å². The van der Waals surface area contributed by atoms with Crippen LogP contribution in [0.3, 0.4) is 0 Å². The Labute approximate surface area is 239 Å². The van der Waals surface area contributed by atoms with Gasteiger partial charge in [0.1, 0.15) is 0 Å². The zero-order valence-corrected chi connectivity index (χ0v) is 26.7. The van der Waals surface area contributed by atoms with Crippen molar-refractivity contribution in [3.8, 4) is 0 Å². The second-order valence-electron chi connectivity index (χ2n) is 11.8. The van der Waals surface area contributed by atoms with Crippen LogP contribution in [0.2, 0.25) is 11.5 Å². The number of hydrogen-bond acceptors (Lipinski definition) is 2. The summed E-state index contributed by atoms with van der Waals surface area (Å²) in [5.74, 6) is 5.10. The van der Waals surface area contributed by atoms with E-state index in [2.05, 4.69) is 152 Å². The summed E-state index contributed by atoms with van der Waals surface area (Å²) in [5, 5.41) is 4.09. The maximum atomic E-state index is 6.82. The van der Waals surface area contributed by atoms with Gasteiger partial charge >= 0.3 is 241 Å². The fourth-order valence-corrected chi connectivity index (χ4v) is 22.8. The Morgan fingerprint density at radius 2 is 1.15 bits per heavy atom. The van der Waals surface area contributed by atoms with Crippen LogP contribution in [-0.4, -0.2) is 13.3 Å². The van der Waals surface area contributed by atoms with Gasteiger partial charge in [0.2, 0.25) is 0 Å². The molecule has 0 aliphatic carbocycles. The number of anilines is 3. The molecule has 1 nitrogen and oxygen atoms in total. The number of rotatable bonds is 2. The average Bonchev–Trinajstić information content (AvgIpc) is 2.97.